The molecule has 2 aromatic rings. The van der Waals surface area contributed by atoms with Crippen LogP contribution in [0, 0.1) is 0 Å². The summed E-state index contributed by atoms with van der Waals surface area (Å²) in [5, 5.41) is 0. The Morgan fingerprint density at radius 2 is 1.69 bits per heavy atom. The predicted molar refractivity (Wildman–Crippen MR) is 141 cm³/mol. The second-order valence-corrected chi connectivity index (χ2v) is 10.4. The van der Waals surface area contributed by atoms with Crippen molar-refractivity contribution in [3.63, 3.8) is 0 Å². The van der Waals surface area contributed by atoms with Crippen molar-refractivity contribution in [1.29, 1.82) is 0 Å². The Labute approximate surface area is 209 Å². The molecule has 0 aliphatic heterocycles. The van der Waals surface area contributed by atoms with E-state index in [1.165, 1.54) is 44.9 Å². The minimum absolute atomic E-state index is 0.230. The van der Waals surface area contributed by atoms with Gasteiger partial charge in [-0.25, -0.2) is 15.0 Å². The first-order chi connectivity index (χ1) is 17.0. The van der Waals surface area contributed by atoms with Gasteiger partial charge in [0.05, 0.1) is 19.5 Å². The summed E-state index contributed by atoms with van der Waals surface area (Å²) in [5.41, 5.74) is 6.90. The maximum atomic E-state index is 12.1. The zero-order chi connectivity index (χ0) is 25.2. The molecule has 0 spiro atoms. The molecule has 2 aromatic heterocycles. The lowest BCUT2D eigenvalue weighted by atomic mass is 10.1. The third kappa shape index (κ3) is 12.5. The summed E-state index contributed by atoms with van der Waals surface area (Å²) < 4.78 is 24.4. The first-order valence-corrected chi connectivity index (χ1v) is 14.5. The Hall–Kier alpha value is -2.06. The first kappa shape index (κ1) is 29.2. The van der Waals surface area contributed by atoms with E-state index in [2.05, 4.69) is 46.2 Å². The zero-order valence-electron chi connectivity index (χ0n) is 21.1. The van der Waals surface area contributed by atoms with Crippen LogP contribution in [0.15, 0.2) is 37.0 Å². The zero-order valence-corrected chi connectivity index (χ0v) is 22.0. The molecule has 1 atom stereocenters. The van der Waals surface area contributed by atoms with Gasteiger partial charge in [0.25, 0.3) is 0 Å². The summed E-state index contributed by atoms with van der Waals surface area (Å²) in [6.45, 7) is 3.15. The number of imidazole rings is 1. The molecule has 0 aromatic carbocycles. The summed E-state index contributed by atoms with van der Waals surface area (Å²) in [5.74, 6) is 0.316. The van der Waals surface area contributed by atoms with Crippen LogP contribution in [0.4, 0.5) is 5.82 Å². The Bertz CT molecular complexity index is 947. The summed E-state index contributed by atoms with van der Waals surface area (Å²) >= 11 is 0. The highest BCUT2D eigenvalue weighted by Gasteiger charge is 2.19. The molecule has 0 radical (unpaired) electrons. The summed E-state index contributed by atoms with van der Waals surface area (Å²) in [7, 11) is -3.75. The van der Waals surface area contributed by atoms with Crippen molar-refractivity contribution in [2.45, 2.75) is 84.1 Å². The van der Waals surface area contributed by atoms with Crippen LogP contribution in [-0.4, -0.2) is 44.0 Å². The van der Waals surface area contributed by atoms with Crippen molar-refractivity contribution in [2.75, 3.05) is 25.3 Å². The Balaban J connectivity index is 1.43. The molecule has 0 saturated heterocycles. The lowest BCUT2D eigenvalue weighted by Gasteiger charge is -2.13. The quantitative estimate of drug-likeness (QED) is 0.127. The van der Waals surface area contributed by atoms with Gasteiger partial charge in [-0.1, -0.05) is 69.8 Å². The number of fused-ring (bicyclic) bond motifs is 1. The molecule has 196 valence electrons. The smallest absolute Gasteiger partial charge is 0.353 e. The number of hydrogen-bond acceptors (Lipinski definition) is 7. The molecule has 10 heteroatoms. The number of hydrogen-bond donors (Lipinski definition) is 2. The molecule has 3 N–H and O–H groups in total. The minimum Gasteiger partial charge on any atom is -0.382 e. The number of unbranched alkanes of at least 4 members (excludes halogenated alkanes) is 8. The fourth-order valence-corrected chi connectivity index (χ4v) is 4.40. The van der Waals surface area contributed by atoms with Crippen LogP contribution < -0.4 is 5.73 Å². The normalized spacial score (nSPS) is 13.9. The van der Waals surface area contributed by atoms with E-state index in [0.29, 0.717) is 23.5 Å². The van der Waals surface area contributed by atoms with E-state index in [-0.39, 0.29) is 19.6 Å². The Kier molecular flexibility index (Phi) is 14.5. The average molecular weight is 508 g/mol. The van der Waals surface area contributed by atoms with Crippen molar-refractivity contribution in [3.05, 3.63) is 37.0 Å². The molecule has 0 aliphatic rings. The van der Waals surface area contributed by atoms with Crippen LogP contribution in [0.25, 0.3) is 11.2 Å². The van der Waals surface area contributed by atoms with Crippen molar-refractivity contribution >= 4 is 24.6 Å². The monoisotopic (exact) mass is 507 g/mol. The van der Waals surface area contributed by atoms with Gasteiger partial charge < -0.3 is 24.5 Å². The van der Waals surface area contributed by atoms with Gasteiger partial charge in [0.2, 0.25) is 0 Å². The summed E-state index contributed by atoms with van der Waals surface area (Å²) in [6.07, 6.45) is 24.1. The van der Waals surface area contributed by atoms with Crippen molar-refractivity contribution < 1.29 is 18.7 Å². The molecule has 0 bridgehead atoms. The van der Waals surface area contributed by atoms with Gasteiger partial charge >= 0.3 is 7.60 Å². The van der Waals surface area contributed by atoms with Crippen LogP contribution in [0.3, 0.4) is 0 Å². The van der Waals surface area contributed by atoms with Crippen LogP contribution in [0.2, 0.25) is 0 Å². The lowest BCUT2D eigenvalue weighted by molar-refractivity contribution is 0.137. The number of anilines is 1. The van der Waals surface area contributed by atoms with Crippen molar-refractivity contribution in [2.24, 2.45) is 0 Å². The Morgan fingerprint density at radius 3 is 2.46 bits per heavy atom. The van der Waals surface area contributed by atoms with E-state index in [0.717, 1.165) is 32.1 Å². The molecule has 2 rings (SSSR count). The van der Waals surface area contributed by atoms with Crippen LogP contribution in [0.5, 0.6) is 0 Å². The Morgan fingerprint density at radius 1 is 0.971 bits per heavy atom. The standard InChI is InChI=1S/C25H42N5O4P/c1-2-3-4-5-6-7-8-9-10-11-12-13-14-15-16-18-34-35(31,32)22-33-19-17-30-21-29-23-24(26)27-20-28-25(23)30/h5-6,8-9,20-21H,2-4,7,10-19,22H2,1H3,(H,31,32)(H2,26,27,28)/b6-5-,9-8-. The van der Waals surface area contributed by atoms with Crippen LogP contribution in [-0.2, 0) is 20.4 Å². The number of allylic oxidation sites excluding steroid dienone is 4. The van der Waals surface area contributed by atoms with Crippen LogP contribution in [0.1, 0.15) is 77.6 Å². The molecule has 0 fully saturated rings. The molecular formula is C25H42N5O4P. The van der Waals surface area contributed by atoms with E-state index < -0.39 is 7.60 Å². The van der Waals surface area contributed by atoms with E-state index >= 15 is 0 Å². The summed E-state index contributed by atoms with van der Waals surface area (Å²) in [4.78, 5) is 22.2. The van der Waals surface area contributed by atoms with E-state index in [1.807, 2.05) is 0 Å². The number of rotatable bonds is 20. The van der Waals surface area contributed by atoms with E-state index in [1.54, 1.807) is 10.9 Å². The number of nitrogens with two attached hydrogens (primary N) is 1. The van der Waals surface area contributed by atoms with Gasteiger partial charge in [-0.05, 0) is 32.1 Å². The average Bonchev–Trinajstić information content (AvgIpc) is 3.26. The van der Waals surface area contributed by atoms with Gasteiger partial charge in [0.1, 0.15) is 18.2 Å². The maximum absolute atomic E-state index is 12.1. The fraction of sp³-hybridized carbons (Fsp3) is 0.640. The summed E-state index contributed by atoms with van der Waals surface area (Å²) in [6, 6.07) is 0. The van der Waals surface area contributed by atoms with Gasteiger partial charge in [-0.2, -0.15) is 0 Å². The molecule has 2 heterocycles. The highest BCUT2D eigenvalue weighted by molar-refractivity contribution is 7.52. The maximum Gasteiger partial charge on any atom is 0.353 e. The minimum atomic E-state index is -3.75. The molecular weight excluding hydrogens is 465 g/mol. The predicted octanol–water partition coefficient (Wildman–Crippen LogP) is 6.01. The molecule has 1 unspecified atom stereocenters. The van der Waals surface area contributed by atoms with Crippen LogP contribution >= 0.6 is 7.60 Å². The molecule has 9 nitrogen and oxygen atoms in total. The van der Waals surface area contributed by atoms with Gasteiger partial charge in [0, 0.05) is 6.54 Å². The third-order valence-electron chi connectivity index (χ3n) is 5.55. The number of nitrogens with zero attached hydrogens (tertiary/aromatic N) is 4. The van der Waals surface area contributed by atoms with E-state index in [4.69, 9.17) is 15.0 Å². The largest absolute Gasteiger partial charge is 0.382 e. The SMILES string of the molecule is CCCC/C=C\C/C=C\CCCCCCCCOP(=O)(O)COCCn1cnc2c(N)ncnc21. The topological polar surface area (TPSA) is 125 Å². The molecule has 0 amide bonds. The second-order valence-electron chi connectivity index (χ2n) is 8.61. The van der Waals surface area contributed by atoms with Gasteiger partial charge in [0.15, 0.2) is 11.5 Å². The fourth-order valence-electron chi connectivity index (χ4n) is 3.55. The molecule has 0 saturated carbocycles. The third-order valence-corrected chi connectivity index (χ3v) is 6.64. The first-order valence-electron chi connectivity index (χ1n) is 12.8. The lowest BCUT2D eigenvalue weighted by Crippen LogP contribution is -2.08. The number of nitrogen functional groups attached to an aromatic ring is 1. The highest BCUT2D eigenvalue weighted by Crippen LogP contribution is 2.41. The van der Waals surface area contributed by atoms with Crippen molar-refractivity contribution in [1.82, 2.24) is 19.5 Å². The highest BCUT2D eigenvalue weighted by atomic mass is 31.2. The number of ether oxygens (including phenoxy) is 1. The molecule has 35 heavy (non-hydrogen) atoms. The van der Waals surface area contributed by atoms with Gasteiger partial charge in [-0.3, -0.25) is 4.57 Å². The van der Waals surface area contributed by atoms with E-state index in [9.17, 15) is 9.46 Å². The van der Waals surface area contributed by atoms with Gasteiger partial charge in [-0.15, -0.1) is 0 Å². The van der Waals surface area contributed by atoms with Crippen molar-refractivity contribution in [3.8, 4) is 0 Å². The second kappa shape index (κ2) is 17.4. The number of aromatic nitrogens is 4. The molecule has 0 aliphatic carbocycles.